The second-order valence-corrected chi connectivity index (χ2v) is 7.90. The number of carbonyl (C=O) groups is 1. The Balaban J connectivity index is 1.65. The lowest BCUT2D eigenvalue weighted by Gasteiger charge is -2.19. The fraction of sp³-hybridized carbons (Fsp3) is 0.364. The summed E-state index contributed by atoms with van der Waals surface area (Å²) in [6, 6.07) is 7.68. The molecule has 3 aromatic heterocycles. The summed E-state index contributed by atoms with van der Waals surface area (Å²) >= 11 is 0. The zero-order chi connectivity index (χ0) is 20.7. The lowest BCUT2D eigenvalue weighted by molar-refractivity contribution is -0.121. The molecule has 1 aromatic carbocycles. The molecule has 7 heteroatoms. The van der Waals surface area contributed by atoms with Crippen LogP contribution in [0.4, 0.5) is 0 Å². The van der Waals surface area contributed by atoms with Crippen LogP contribution in [0.3, 0.4) is 0 Å². The highest BCUT2D eigenvalue weighted by atomic mass is 16.3. The molecule has 1 amide bonds. The molecule has 0 unspecified atom stereocenters. The number of rotatable bonds is 5. The number of hydrogen-bond donors (Lipinski definition) is 1. The van der Waals surface area contributed by atoms with Crippen LogP contribution in [-0.2, 0) is 11.2 Å². The van der Waals surface area contributed by atoms with Crippen LogP contribution in [0.5, 0.6) is 0 Å². The minimum Gasteiger partial charge on any atom is -0.443 e. The summed E-state index contributed by atoms with van der Waals surface area (Å²) in [6.07, 6.45) is 1.92. The first-order valence-corrected chi connectivity index (χ1v) is 9.79. The molecular weight excluding hydrogens is 366 g/mol. The number of fused-ring (bicyclic) bond motifs is 3. The third-order valence-corrected chi connectivity index (χ3v) is 5.23. The van der Waals surface area contributed by atoms with Gasteiger partial charge >= 0.3 is 0 Å². The van der Waals surface area contributed by atoms with Gasteiger partial charge in [0.2, 0.25) is 11.6 Å². The predicted molar refractivity (Wildman–Crippen MR) is 111 cm³/mol. The van der Waals surface area contributed by atoms with Crippen LogP contribution in [0, 0.1) is 26.7 Å². The first-order chi connectivity index (χ1) is 13.8. The van der Waals surface area contributed by atoms with Gasteiger partial charge in [0.05, 0.1) is 17.8 Å². The second kappa shape index (κ2) is 7.31. The zero-order valence-corrected chi connectivity index (χ0v) is 17.4. The van der Waals surface area contributed by atoms with E-state index in [2.05, 4.69) is 15.4 Å². The maximum absolute atomic E-state index is 12.7. The van der Waals surface area contributed by atoms with Crippen molar-refractivity contribution in [2.24, 2.45) is 5.92 Å². The molecule has 0 aliphatic heterocycles. The molecule has 0 radical (unpaired) electrons. The van der Waals surface area contributed by atoms with E-state index in [1.165, 1.54) is 0 Å². The van der Waals surface area contributed by atoms with Crippen molar-refractivity contribution in [3.8, 4) is 0 Å². The Morgan fingerprint density at radius 3 is 2.76 bits per heavy atom. The van der Waals surface area contributed by atoms with E-state index >= 15 is 0 Å². The van der Waals surface area contributed by atoms with Crippen LogP contribution in [0.15, 0.2) is 35.0 Å². The standard InChI is InChI=1S/C22H25N5O2/c1-12(2)19(24-17(28)10-16-8-6-7-13(3)9-16)20-25-21-18-14(4)15(5)29-22(18)23-11-27(21)26-20/h6-9,11-12,19H,10H2,1-5H3,(H,24,28)/t19-/m0/s1. The number of benzene rings is 1. The number of carbonyl (C=O) groups excluding carboxylic acids is 1. The Morgan fingerprint density at radius 1 is 1.24 bits per heavy atom. The number of amides is 1. The first kappa shape index (κ1) is 19.1. The quantitative estimate of drug-likeness (QED) is 0.558. The van der Waals surface area contributed by atoms with E-state index < -0.39 is 0 Å². The highest BCUT2D eigenvalue weighted by Crippen LogP contribution is 2.27. The highest BCUT2D eigenvalue weighted by molar-refractivity contribution is 5.91. The van der Waals surface area contributed by atoms with E-state index in [0.717, 1.165) is 27.8 Å². The lowest BCUT2D eigenvalue weighted by Crippen LogP contribution is -2.33. The normalized spacial score (nSPS) is 12.8. The Labute approximate surface area is 169 Å². The molecule has 1 atom stereocenters. The molecule has 150 valence electrons. The first-order valence-electron chi connectivity index (χ1n) is 9.79. The molecule has 4 aromatic rings. The van der Waals surface area contributed by atoms with Crippen LogP contribution in [0.1, 0.15) is 48.2 Å². The van der Waals surface area contributed by atoms with E-state index in [9.17, 15) is 4.79 Å². The van der Waals surface area contributed by atoms with E-state index in [-0.39, 0.29) is 17.9 Å². The SMILES string of the molecule is Cc1cccc(CC(=O)N[C@H](c2nc3c4c(C)c(C)oc4ncn3n2)C(C)C)c1. The van der Waals surface area contributed by atoms with Crippen LogP contribution in [-0.4, -0.2) is 25.5 Å². The fourth-order valence-electron chi connectivity index (χ4n) is 3.55. The van der Waals surface area contributed by atoms with E-state index in [1.807, 2.05) is 58.9 Å². The van der Waals surface area contributed by atoms with E-state index in [1.54, 1.807) is 10.8 Å². The van der Waals surface area contributed by atoms with E-state index in [0.29, 0.717) is 23.6 Å². The number of aryl methyl sites for hydroxylation is 3. The van der Waals surface area contributed by atoms with Gasteiger partial charge in [0.15, 0.2) is 11.5 Å². The molecule has 0 aliphatic carbocycles. The molecule has 0 aliphatic rings. The summed E-state index contributed by atoms with van der Waals surface area (Å²) in [4.78, 5) is 21.8. The molecule has 1 N–H and O–H groups in total. The summed E-state index contributed by atoms with van der Waals surface area (Å²) in [5.41, 5.74) is 4.37. The number of nitrogens with one attached hydrogen (secondary N) is 1. The molecule has 4 rings (SSSR count). The summed E-state index contributed by atoms with van der Waals surface area (Å²) in [6.45, 7) is 10.0. The number of furan rings is 1. The van der Waals surface area contributed by atoms with Crippen molar-refractivity contribution in [3.05, 3.63) is 58.9 Å². The van der Waals surface area contributed by atoms with Gasteiger partial charge in [-0.05, 0) is 32.3 Å². The third kappa shape index (κ3) is 3.60. The van der Waals surface area contributed by atoms with Gasteiger partial charge in [0.1, 0.15) is 12.1 Å². The minimum absolute atomic E-state index is 0.0493. The number of nitrogens with zero attached hydrogens (tertiary/aromatic N) is 4. The summed E-state index contributed by atoms with van der Waals surface area (Å²) in [7, 11) is 0. The fourth-order valence-corrected chi connectivity index (χ4v) is 3.55. The molecule has 3 heterocycles. The smallest absolute Gasteiger partial charge is 0.231 e. The van der Waals surface area contributed by atoms with Crippen LogP contribution in [0.2, 0.25) is 0 Å². The van der Waals surface area contributed by atoms with Crippen molar-refractivity contribution >= 4 is 22.7 Å². The van der Waals surface area contributed by atoms with Crippen molar-refractivity contribution in [2.75, 3.05) is 0 Å². The highest BCUT2D eigenvalue weighted by Gasteiger charge is 2.24. The van der Waals surface area contributed by atoms with E-state index in [4.69, 9.17) is 9.40 Å². The molecule has 29 heavy (non-hydrogen) atoms. The molecule has 0 bridgehead atoms. The van der Waals surface area contributed by atoms with Gasteiger partial charge in [-0.25, -0.2) is 14.5 Å². The van der Waals surface area contributed by atoms with Gasteiger partial charge in [-0.3, -0.25) is 4.79 Å². The summed E-state index contributed by atoms with van der Waals surface area (Å²) < 4.78 is 7.36. The maximum atomic E-state index is 12.7. The number of aromatic nitrogens is 4. The third-order valence-electron chi connectivity index (χ3n) is 5.23. The molecular formula is C22H25N5O2. The maximum Gasteiger partial charge on any atom is 0.231 e. The minimum atomic E-state index is -0.296. The van der Waals surface area contributed by atoms with Crippen molar-refractivity contribution in [3.63, 3.8) is 0 Å². The van der Waals surface area contributed by atoms with Crippen LogP contribution >= 0.6 is 0 Å². The molecule has 0 saturated heterocycles. The van der Waals surface area contributed by atoms with Gasteiger partial charge < -0.3 is 9.73 Å². The average Bonchev–Trinajstić information content (AvgIpc) is 3.20. The van der Waals surface area contributed by atoms with Crippen molar-refractivity contribution in [1.82, 2.24) is 24.9 Å². The monoisotopic (exact) mass is 391 g/mol. The zero-order valence-electron chi connectivity index (χ0n) is 17.4. The predicted octanol–water partition coefficient (Wildman–Crippen LogP) is 3.85. The largest absolute Gasteiger partial charge is 0.443 e. The Hall–Kier alpha value is -3.22. The van der Waals surface area contributed by atoms with Crippen molar-refractivity contribution < 1.29 is 9.21 Å². The van der Waals surface area contributed by atoms with Gasteiger partial charge in [-0.1, -0.05) is 43.7 Å². The van der Waals surface area contributed by atoms with Gasteiger partial charge in [-0.15, -0.1) is 5.10 Å². The molecule has 0 fully saturated rings. The Morgan fingerprint density at radius 2 is 2.03 bits per heavy atom. The summed E-state index contributed by atoms with van der Waals surface area (Å²) in [5.74, 6) is 1.47. The van der Waals surface area contributed by atoms with Crippen molar-refractivity contribution in [1.29, 1.82) is 0 Å². The molecule has 7 nitrogen and oxygen atoms in total. The van der Waals surface area contributed by atoms with Crippen LogP contribution < -0.4 is 5.32 Å². The number of hydrogen-bond acceptors (Lipinski definition) is 5. The second-order valence-electron chi connectivity index (χ2n) is 7.90. The van der Waals surface area contributed by atoms with Gasteiger partial charge in [0.25, 0.3) is 0 Å². The van der Waals surface area contributed by atoms with Crippen molar-refractivity contribution in [2.45, 2.75) is 47.1 Å². The Kier molecular flexibility index (Phi) is 4.82. The lowest BCUT2D eigenvalue weighted by atomic mass is 10.0. The molecule has 0 spiro atoms. The topological polar surface area (TPSA) is 85.3 Å². The summed E-state index contributed by atoms with van der Waals surface area (Å²) in [5, 5.41) is 8.56. The van der Waals surface area contributed by atoms with Crippen LogP contribution in [0.25, 0.3) is 16.7 Å². The molecule has 0 saturated carbocycles. The van der Waals surface area contributed by atoms with Gasteiger partial charge in [-0.2, -0.15) is 0 Å². The average molecular weight is 391 g/mol. The Bertz CT molecular complexity index is 1200. The van der Waals surface area contributed by atoms with Gasteiger partial charge in [0, 0.05) is 5.56 Å².